The lowest BCUT2D eigenvalue weighted by molar-refractivity contribution is -0.117. The van der Waals surface area contributed by atoms with Crippen LogP contribution in [0, 0.1) is 5.92 Å². The summed E-state index contributed by atoms with van der Waals surface area (Å²) in [4.78, 5) is 12.0. The molecule has 1 fully saturated rings. The zero-order chi connectivity index (χ0) is 13.1. The van der Waals surface area contributed by atoms with E-state index < -0.39 is 0 Å². The number of anilines is 1. The summed E-state index contributed by atoms with van der Waals surface area (Å²) < 4.78 is 0. The number of nitrogens with one attached hydrogen (secondary N) is 2. The van der Waals surface area contributed by atoms with Crippen LogP contribution in [0.3, 0.4) is 0 Å². The number of amides is 1. The third-order valence-electron chi connectivity index (χ3n) is 4.26. The first-order valence-corrected chi connectivity index (χ1v) is 7.43. The molecule has 1 atom stereocenters. The van der Waals surface area contributed by atoms with E-state index in [9.17, 15) is 4.79 Å². The van der Waals surface area contributed by atoms with Gasteiger partial charge >= 0.3 is 0 Å². The lowest BCUT2D eigenvalue weighted by Crippen LogP contribution is -2.32. The second-order valence-electron chi connectivity index (χ2n) is 5.80. The van der Waals surface area contributed by atoms with Gasteiger partial charge in [0.15, 0.2) is 0 Å². The van der Waals surface area contributed by atoms with E-state index in [1.807, 2.05) is 6.07 Å². The molecule has 0 aromatic heterocycles. The van der Waals surface area contributed by atoms with Crippen LogP contribution in [0.1, 0.15) is 36.8 Å². The number of piperidine rings is 1. The van der Waals surface area contributed by atoms with Crippen LogP contribution in [0.15, 0.2) is 18.2 Å². The molecule has 1 aromatic carbocycles. The van der Waals surface area contributed by atoms with Gasteiger partial charge in [0.05, 0.1) is 0 Å². The van der Waals surface area contributed by atoms with E-state index in [2.05, 4.69) is 22.8 Å². The third-order valence-corrected chi connectivity index (χ3v) is 4.26. The third kappa shape index (κ3) is 3.16. The highest BCUT2D eigenvalue weighted by Gasteiger charge is 2.17. The molecule has 0 radical (unpaired) electrons. The number of fused-ring (bicyclic) bond motifs is 1. The van der Waals surface area contributed by atoms with Gasteiger partial charge in [0.25, 0.3) is 0 Å². The highest BCUT2D eigenvalue weighted by molar-refractivity contribution is 5.91. The second kappa shape index (κ2) is 5.74. The van der Waals surface area contributed by atoms with Crippen LogP contribution in [0.2, 0.25) is 0 Å². The fraction of sp³-hybridized carbons (Fsp3) is 0.562. The normalized spacial score (nSPS) is 22.0. The summed E-state index contributed by atoms with van der Waals surface area (Å²) >= 11 is 0. The van der Waals surface area contributed by atoms with Crippen LogP contribution in [0.5, 0.6) is 0 Å². The summed E-state index contributed by atoms with van der Waals surface area (Å²) in [7, 11) is 0. The quantitative estimate of drug-likeness (QED) is 0.874. The Morgan fingerprint density at radius 3 is 3.00 bits per heavy atom. The van der Waals surface area contributed by atoms with E-state index in [0.29, 0.717) is 12.3 Å². The Balaban J connectivity index is 1.56. The molecular weight excluding hydrogens is 236 g/mol. The van der Waals surface area contributed by atoms with Crippen molar-refractivity contribution in [3.63, 3.8) is 0 Å². The van der Waals surface area contributed by atoms with E-state index in [4.69, 9.17) is 0 Å². The molecule has 2 aliphatic rings. The monoisotopic (exact) mass is 258 g/mol. The molecular formula is C16H22N2O. The molecule has 3 rings (SSSR count). The molecule has 1 heterocycles. The molecule has 0 spiro atoms. The first-order chi connectivity index (χ1) is 9.31. The van der Waals surface area contributed by atoms with Gasteiger partial charge in [-0.3, -0.25) is 4.79 Å². The van der Waals surface area contributed by atoms with Crippen molar-refractivity contribution in [3.05, 3.63) is 29.3 Å². The molecule has 1 amide bonds. The fourth-order valence-corrected chi connectivity index (χ4v) is 3.22. The SMILES string of the molecule is O=C(CC1CCCNC1)Nc1ccc2c(c1)CCC2. The van der Waals surface area contributed by atoms with Gasteiger partial charge in [-0.1, -0.05) is 6.07 Å². The van der Waals surface area contributed by atoms with Gasteiger partial charge in [-0.15, -0.1) is 0 Å². The molecule has 3 heteroatoms. The van der Waals surface area contributed by atoms with E-state index >= 15 is 0 Å². The van der Waals surface area contributed by atoms with Crippen molar-refractivity contribution in [1.29, 1.82) is 0 Å². The van der Waals surface area contributed by atoms with E-state index in [1.165, 1.54) is 36.8 Å². The van der Waals surface area contributed by atoms with Gasteiger partial charge in [-0.2, -0.15) is 0 Å². The summed E-state index contributed by atoms with van der Waals surface area (Å²) in [5.74, 6) is 0.662. The van der Waals surface area contributed by atoms with Gasteiger partial charge in [-0.05, 0) is 74.4 Å². The molecule has 1 aromatic rings. The Morgan fingerprint density at radius 2 is 2.16 bits per heavy atom. The number of hydrogen-bond acceptors (Lipinski definition) is 2. The zero-order valence-corrected chi connectivity index (χ0v) is 11.4. The minimum atomic E-state index is 0.159. The lowest BCUT2D eigenvalue weighted by Gasteiger charge is -2.22. The predicted octanol–water partition coefficient (Wildman–Crippen LogP) is 2.50. The van der Waals surface area contributed by atoms with Crippen molar-refractivity contribution in [2.24, 2.45) is 5.92 Å². The average Bonchev–Trinajstić information content (AvgIpc) is 2.87. The molecule has 3 nitrogen and oxygen atoms in total. The first kappa shape index (κ1) is 12.7. The van der Waals surface area contributed by atoms with Gasteiger partial charge < -0.3 is 10.6 Å². The number of hydrogen-bond donors (Lipinski definition) is 2. The molecule has 1 unspecified atom stereocenters. The Labute approximate surface area is 114 Å². The molecule has 1 aliphatic carbocycles. The first-order valence-electron chi connectivity index (χ1n) is 7.43. The van der Waals surface area contributed by atoms with Gasteiger partial charge in [0.1, 0.15) is 0 Å². The maximum atomic E-state index is 12.0. The number of aryl methyl sites for hydroxylation is 2. The van der Waals surface area contributed by atoms with Crippen LogP contribution < -0.4 is 10.6 Å². The smallest absolute Gasteiger partial charge is 0.224 e. The Bertz CT molecular complexity index is 464. The second-order valence-corrected chi connectivity index (χ2v) is 5.80. The number of carbonyl (C=O) groups excluding carboxylic acids is 1. The van der Waals surface area contributed by atoms with Crippen LogP contribution in [-0.2, 0) is 17.6 Å². The highest BCUT2D eigenvalue weighted by atomic mass is 16.1. The van der Waals surface area contributed by atoms with Gasteiger partial charge in [0, 0.05) is 12.1 Å². The number of rotatable bonds is 3. The summed E-state index contributed by atoms with van der Waals surface area (Å²) in [6, 6.07) is 6.36. The van der Waals surface area contributed by atoms with E-state index in [1.54, 1.807) is 0 Å². The largest absolute Gasteiger partial charge is 0.326 e. The molecule has 19 heavy (non-hydrogen) atoms. The van der Waals surface area contributed by atoms with Crippen LogP contribution in [-0.4, -0.2) is 19.0 Å². The zero-order valence-electron chi connectivity index (χ0n) is 11.4. The maximum absolute atomic E-state index is 12.0. The van der Waals surface area contributed by atoms with Crippen LogP contribution >= 0.6 is 0 Å². The molecule has 1 saturated heterocycles. The van der Waals surface area contributed by atoms with E-state index in [0.717, 1.165) is 25.2 Å². The topological polar surface area (TPSA) is 41.1 Å². The minimum absolute atomic E-state index is 0.159. The van der Waals surface area contributed by atoms with Crippen molar-refractivity contribution < 1.29 is 4.79 Å². The summed E-state index contributed by atoms with van der Waals surface area (Å²) in [6.45, 7) is 2.08. The van der Waals surface area contributed by atoms with Gasteiger partial charge in [0.2, 0.25) is 5.91 Å². The summed E-state index contributed by atoms with van der Waals surface area (Å²) in [5.41, 5.74) is 3.83. The number of carbonyl (C=O) groups is 1. The van der Waals surface area contributed by atoms with Crippen molar-refractivity contribution in [2.75, 3.05) is 18.4 Å². The predicted molar refractivity (Wildman–Crippen MR) is 77.3 cm³/mol. The van der Waals surface area contributed by atoms with E-state index in [-0.39, 0.29) is 5.91 Å². The van der Waals surface area contributed by atoms with Crippen molar-refractivity contribution in [3.8, 4) is 0 Å². The maximum Gasteiger partial charge on any atom is 0.224 e. The lowest BCUT2D eigenvalue weighted by atomic mass is 9.96. The Hall–Kier alpha value is -1.35. The number of benzene rings is 1. The summed E-state index contributed by atoms with van der Waals surface area (Å²) in [6.07, 6.45) is 6.61. The van der Waals surface area contributed by atoms with Crippen molar-refractivity contribution >= 4 is 11.6 Å². The molecule has 0 saturated carbocycles. The Morgan fingerprint density at radius 1 is 1.26 bits per heavy atom. The van der Waals surface area contributed by atoms with Crippen LogP contribution in [0.25, 0.3) is 0 Å². The van der Waals surface area contributed by atoms with Crippen LogP contribution in [0.4, 0.5) is 5.69 Å². The molecule has 102 valence electrons. The standard InChI is InChI=1S/C16H22N2O/c19-16(9-12-3-2-8-17-11-12)18-15-7-6-13-4-1-5-14(13)10-15/h6-7,10,12,17H,1-5,8-9,11H2,(H,18,19). The fourth-order valence-electron chi connectivity index (χ4n) is 3.22. The molecule has 0 bridgehead atoms. The Kier molecular flexibility index (Phi) is 3.83. The van der Waals surface area contributed by atoms with Crippen molar-refractivity contribution in [2.45, 2.75) is 38.5 Å². The summed E-state index contributed by atoms with van der Waals surface area (Å²) in [5, 5.41) is 6.41. The molecule has 2 N–H and O–H groups in total. The minimum Gasteiger partial charge on any atom is -0.326 e. The molecule has 1 aliphatic heterocycles. The van der Waals surface area contributed by atoms with Gasteiger partial charge in [-0.25, -0.2) is 0 Å². The van der Waals surface area contributed by atoms with Crippen molar-refractivity contribution in [1.82, 2.24) is 5.32 Å². The average molecular weight is 258 g/mol. The highest BCUT2D eigenvalue weighted by Crippen LogP contribution is 2.25.